The number of hydrogen-bond acceptors (Lipinski definition) is 4. The molecule has 4 rings (SSSR count). The smallest absolute Gasteiger partial charge is 0.227 e. The third-order valence-electron chi connectivity index (χ3n) is 6.21. The number of aromatic nitrogens is 1. The SMILES string of the molecule is CCN1CCC[C@@H]1CN(Cc1ccc(N2CCCC2=O)cc1)Cc1ccccn1. The summed E-state index contributed by atoms with van der Waals surface area (Å²) in [5.74, 6) is 0.246. The molecule has 1 amide bonds. The summed E-state index contributed by atoms with van der Waals surface area (Å²) < 4.78 is 0. The van der Waals surface area contributed by atoms with Gasteiger partial charge in [0.15, 0.2) is 0 Å². The van der Waals surface area contributed by atoms with Crippen LogP contribution in [0, 0.1) is 0 Å². The van der Waals surface area contributed by atoms with Gasteiger partial charge in [-0.15, -0.1) is 0 Å². The van der Waals surface area contributed by atoms with Crippen LogP contribution >= 0.6 is 0 Å². The molecule has 0 spiro atoms. The van der Waals surface area contributed by atoms with E-state index in [-0.39, 0.29) is 5.91 Å². The van der Waals surface area contributed by atoms with Crippen molar-refractivity contribution in [1.29, 1.82) is 0 Å². The second-order valence-corrected chi connectivity index (χ2v) is 8.23. The molecule has 5 heteroatoms. The number of hydrogen-bond donors (Lipinski definition) is 0. The number of likely N-dealkylation sites (N-methyl/N-ethyl adjacent to an activating group) is 1. The molecule has 2 aromatic rings. The third kappa shape index (κ3) is 5.03. The minimum Gasteiger partial charge on any atom is -0.312 e. The number of nitrogens with zero attached hydrogens (tertiary/aromatic N) is 4. The van der Waals surface area contributed by atoms with E-state index in [9.17, 15) is 4.79 Å². The zero-order valence-corrected chi connectivity index (χ0v) is 17.5. The maximum Gasteiger partial charge on any atom is 0.227 e. The van der Waals surface area contributed by atoms with Gasteiger partial charge in [-0.05, 0) is 62.2 Å². The first-order valence-electron chi connectivity index (χ1n) is 11.0. The van der Waals surface area contributed by atoms with E-state index >= 15 is 0 Å². The topological polar surface area (TPSA) is 39.7 Å². The fourth-order valence-corrected chi connectivity index (χ4v) is 4.68. The van der Waals surface area contributed by atoms with Crippen LogP contribution in [-0.2, 0) is 17.9 Å². The van der Waals surface area contributed by atoms with Crippen LogP contribution in [0.3, 0.4) is 0 Å². The highest BCUT2D eigenvalue weighted by Gasteiger charge is 2.26. The van der Waals surface area contributed by atoms with Crippen LogP contribution in [0.1, 0.15) is 43.9 Å². The molecule has 0 radical (unpaired) electrons. The molecule has 154 valence electrons. The van der Waals surface area contributed by atoms with Crippen LogP contribution < -0.4 is 4.90 Å². The van der Waals surface area contributed by atoms with Crippen LogP contribution in [0.2, 0.25) is 0 Å². The predicted octanol–water partition coefficient (Wildman–Crippen LogP) is 3.69. The van der Waals surface area contributed by atoms with E-state index in [1.54, 1.807) is 0 Å². The van der Waals surface area contributed by atoms with Crippen molar-refractivity contribution in [3.05, 3.63) is 59.9 Å². The lowest BCUT2D eigenvalue weighted by Gasteiger charge is -2.30. The first-order chi connectivity index (χ1) is 14.2. The van der Waals surface area contributed by atoms with E-state index in [2.05, 4.69) is 58.1 Å². The molecule has 1 atom stereocenters. The number of rotatable bonds is 8. The molecular formula is C24H32N4O. The van der Waals surface area contributed by atoms with E-state index in [4.69, 9.17) is 0 Å². The Kier molecular flexibility index (Phi) is 6.57. The summed E-state index contributed by atoms with van der Waals surface area (Å²) in [7, 11) is 0. The Morgan fingerprint density at radius 1 is 1.07 bits per heavy atom. The number of anilines is 1. The molecule has 2 saturated heterocycles. The van der Waals surface area contributed by atoms with Crippen LogP contribution in [0.15, 0.2) is 48.7 Å². The Hall–Kier alpha value is -2.24. The van der Waals surface area contributed by atoms with E-state index in [0.29, 0.717) is 12.5 Å². The zero-order chi connectivity index (χ0) is 20.1. The molecule has 0 saturated carbocycles. The molecule has 5 nitrogen and oxygen atoms in total. The lowest BCUT2D eigenvalue weighted by molar-refractivity contribution is -0.117. The van der Waals surface area contributed by atoms with E-state index < -0.39 is 0 Å². The van der Waals surface area contributed by atoms with Crippen LogP contribution in [0.5, 0.6) is 0 Å². The lowest BCUT2D eigenvalue weighted by Crippen LogP contribution is -2.39. The summed E-state index contributed by atoms with van der Waals surface area (Å²) in [6.45, 7) is 8.28. The number of amides is 1. The highest BCUT2D eigenvalue weighted by Crippen LogP contribution is 2.23. The van der Waals surface area contributed by atoms with Crippen LogP contribution in [0.25, 0.3) is 0 Å². The zero-order valence-electron chi connectivity index (χ0n) is 17.5. The molecule has 0 N–H and O–H groups in total. The monoisotopic (exact) mass is 392 g/mol. The molecule has 1 aromatic heterocycles. The average Bonchev–Trinajstić information content (AvgIpc) is 3.38. The summed E-state index contributed by atoms with van der Waals surface area (Å²) in [5, 5.41) is 0. The predicted molar refractivity (Wildman–Crippen MR) is 117 cm³/mol. The number of carbonyl (C=O) groups excluding carboxylic acids is 1. The van der Waals surface area contributed by atoms with Gasteiger partial charge < -0.3 is 4.90 Å². The van der Waals surface area contributed by atoms with Gasteiger partial charge in [0, 0.05) is 50.5 Å². The minimum atomic E-state index is 0.246. The van der Waals surface area contributed by atoms with Crippen LogP contribution in [0.4, 0.5) is 5.69 Å². The Balaban J connectivity index is 1.46. The number of pyridine rings is 1. The number of carbonyl (C=O) groups is 1. The third-order valence-corrected chi connectivity index (χ3v) is 6.21. The van der Waals surface area contributed by atoms with Gasteiger partial charge in [0.05, 0.1) is 5.69 Å². The van der Waals surface area contributed by atoms with Gasteiger partial charge in [0.25, 0.3) is 0 Å². The summed E-state index contributed by atoms with van der Waals surface area (Å²) in [4.78, 5) is 23.6. The lowest BCUT2D eigenvalue weighted by atomic mass is 10.1. The van der Waals surface area contributed by atoms with Gasteiger partial charge in [-0.25, -0.2) is 0 Å². The van der Waals surface area contributed by atoms with Crippen molar-refractivity contribution >= 4 is 11.6 Å². The van der Waals surface area contributed by atoms with E-state index in [1.165, 1.54) is 24.9 Å². The Labute approximate surface area is 174 Å². The summed E-state index contributed by atoms with van der Waals surface area (Å²) in [6.07, 6.45) is 6.10. The maximum absolute atomic E-state index is 12.0. The van der Waals surface area contributed by atoms with E-state index in [0.717, 1.165) is 50.5 Å². The minimum absolute atomic E-state index is 0.246. The molecular weight excluding hydrogens is 360 g/mol. The molecule has 3 heterocycles. The fourth-order valence-electron chi connectivity index (χ4n) is 4.68. The molecule has 1 aromatic carbocycles. The van der Waals surface area contributed by atoms with Crippen molar-refractivity contribution < 1.29 is 4.79 Å². The average molecular weight is 393 g/mol. The van der Waals surface area contributed by atoms with Gasteiger partial charge in [-0.3, -0.25) is 19.6 Å². The summed E-state index contributed by atoms with van der Waals surface area (Å²) in [6, 6.07) is 15.3. The van der Waals surface area contributed by atoms with Gasteiger partial charge in [0.1, 0.15) is 0 Å². The quantitative estimate of drug-likeness (QED) is 0.687. The van der Waals surface area contributed by atoms with Crippen molar-refractivity contribution in [2.75, 3.05) is 31.1 Å². The van der Waals surface area contributed by atoms with Crippen molar-refractivity contribution in [1.82, 2.24) is 14.8 Å². The highest BCUT2D eigenvalue weighted by molar-refractivity contribution is 5.95. The van der Waals surface area contributed by atoms with Crippen LogP contribution in [-0.4, -0.2) is 52.9 Å². The van der Waals surface area contributed by atoms with Crippen molar-refractivity contribution in [2.24, 2.45) is 0 Å². The van der Waals surface area contributed by atoms with Crippen molar-refractivity contribution in [2.45, 2.75) is 51.7 Å². The molecule has 0 bridgehead atoms. The molecule has 2 fully saturated rings. The number of likely N-dealkylation sites (tertiary alicyclic amines) is 1. The molecule has 2 aliphatic rings. The molecule has 29 heavy (non-hydrogen) atoms. The van der Waals surface area contributed by atoms with Crippen molar-refractivity contribution in [3.63, 3.8) is 0 Å². The Morgan fingerprint density at radius 2 is 1.93 bits per heavy atom. The second-order valence-electron chi connectivity index (χ2n) is 8.23. The maximum atomic E-state index is 12.0. The van der Waals surface area contributed by atoms with Crippen molar-refractivity contribution in [3.8, 4) is 0 Å². The second kappa shape index (κ2) is 9.51. The first kappa shape index (κ1) is 20.0. The van der Waals surface area contributed by atoms with Gasteiger partial charge in [-0.1, -0.05) is 25.1 Å². The van der Waals surface area contributed by atoms with E-state index in [1.807, 2.05) is 17.2 Å². The van der Waals surface area contributed by atoms with Gasteiger partial charge in [-0.2, -0.15) is 0 Å². The highest BCUT2D eigenvalue weighted by atomic mass is 16.2. The van der Waals surface area contributed by atoms with Gasteiger partial charge >= 0.3 is 0 Å². The fraction of sp³-hybridized carbons (Fsp3) is 0.500. The standard InChI is InChI=1S/C24H32N4O/c1-2-27-15-5-8-23(27)19-26(18-21-7-3-4-14-25-21)17-20-10-12-22(13-11-20)28-16-6-9-24(28)29/h3-4,7,10-14,23H,2,5-6,8-9,15-19H2,1H3/t23-/m1/s1. The molecule has 2 aliphatic heterocycles. The molecule has 0 aliphatic carbocycles. The summed E-state index contributed by atoms with van der Waals surface area (Å²) in [5.41, 5.74) is 3.44. The van der Waals surface area contributed by atoms with Gasteiger partial charge in [0.2, 0.25) is 5.91 Å². The molecule has 0 unspecified atom stereocenters. The Morgan fingerprint density at radius 3 is 2.62 bits per heavy atom. The number of benzene rings is 1. The normalized spacial score (nSPS) is 20.1. The Bertz CT molecular complexity index is 792. The largest absolute Gasteiger partial charge is 0.312 e. The first-order valence-corrected chi connectivity index (χ1v) is 11.0. The summed E-state index contributed by atoms with van der Waals surface area (Å²) >= 11 is 0.